The molecule has 2 aliphatic rings. The summed E-state index contributed by atoms with van der Waals surface area (Å²) in [5.41, 5.74) is 3.35. The molecule has 0 unspecified atom stereocenters. The van der Waals surface area contributed by atoms with E-state index in [-0.39, 0.29) is 6.10 Å². The van der Waals surface area contributed by atoms with Crippen molar-refractivity contribution < 1.29 is 14.6 Å². The van der Waals surface area contributed by atoms with Crippen LogP contribution in [0.1, 0.15) is 48.7 Å². The Hall–Kier alpha value is -1.06. The molecule has 1 N–H and O–H groups in total. The fraction of sp³-hybridized carbons (Fsp3) is 0.571. The van der Waals surface area contributed by atoms with Crippen molar-refractivity contribution in [1.29, 1.82) is 0 Å². The number of ether oxygens (including phenoxy) is 2. The monoisotopic (exact) mass is 234 g/mol. The van der Waals surface area contributed by atoms with Crippen molar-refractivity contribution in [3.8, 4) is 5.75 Å². The molecule has 3 heteroatoms. The smallest absolute Gasteiger partial charge is 0.128 e. The Bertz CT molecular complexity index is 428. The van der Waals surface area contributed by atoms with E-state index in [9.17, 15) is 5.11 Å². The van der Waals surface area contributed by atoms with Crippen molar-refractivity contribution in [2.75, 3.05) is 13.2 Å². The summed E-state index contributed by atoms with van der Waals surface area (Å²) in [5.74, 6) is 0.972. The summed E-state index contributed by atoms with van der Waals surface area (Å²) < 4.78 is 11.5. The molecule has 2 heterocycles. The van der Waals surface area contributed by atoms with Crippen molar-refractivity contribution in [2.24, 2.45) is 0 Å². The molecule has 3 nitrogen and oxygen atoms in total. The molecule has 0 fully saturated rings. The molecule has 0 saturated carbocycles. The Morgan fingerprint density at radius 3 is 3.12 bits per heavy atom. The maximum Gasteiger partial charge on any atom is 0.128 e. The molecule has 0 aliphatic carbocycles. The van der Waals surface area contributed by atoms with Crippen LogP contribution in [0.15, 0.2) is 12.1 Å². The van der Waals surface area contributed by atoms with E-state index >= 15 is 0 Å². The van der Waals surface area contributed by atoms with E-state index < -0.39 is 6.10 Å². The number of hydrogen-bond donors (Lipinski definition) is 1. The minimum Gasteiger partial charge on any atom is -0.493 e. The fourth-order valence-electron chi connectivity index (χ4n) is 2.78. The molecular formula is C14H18O3. The summed E-state index contributed by atoms with van der Waals surface area (Å²) >= 11 is 0. The van der Waals surface area contributed by atoms with Crippen molar-refractivity contribution in [3.05, 3.63) is 28.8 Å². The number of rotatable bonds is 2. The number of fused-ring (bicyclic) bond motifs is 3. The van der Waals surface area contributed by atoms with Crippen molar-refractivity contribution >= 4 is 0 Å². The standard InChI is InChI=1S/C14H18O3/c1-2-3-12-13-10(11(15)8-17-12)5-4-9-6-7-16-14(9)13/h4-5,11-12,15H,2-3,6-8H2,1H3/t11-,12-/m1/s1. The van der Waals surface area contributed by atoms with E-state index in [1.165, 1.54) is 5.56 Å². The first-order chi connectivity index (χ1) is 8.31. The summed E-state index contributed by atoms with van der Waals surface area (Å²) in [6, 6.07) is 4.12. The topological polar surface area (TPSA) is 38.7 Å². The molecular weight excluding hydrogens is 216 g/mol. The minimum atomic E-state index is -0.507. The predicted octanol–water partition coefficient (Wildman–Crippen LogP) is 2.53. The van der Waals surface area contributed by atoms with E-state index in [0.717, 1.165) is 42.7 Å². The van der Waals surface area contributed by atoms with Gasteiger partial charge in [-0.2, -0.15) is 0 Å². The molecule has 2 aliphatic heterocycles. The molecule has 1 aromatic carbocycles. The van der Waals surface area contributed by atoms with E-state index in [0.29, 0.717) is 6.61 Å². The van der Waals surface area contributed by atoms with Gasteiger partial charge in [0.1, 0.15) is 11.9 Å². The lowest BCUT2D eigenvalue weighted by Crippen LogP contribution is -2.21. The predicted molar refractivity (Wildman–Crippen MR) is 64.2 cm³/mol. The third-order valence-corrected chi connectivity index (χ3v) is 3.62. The zero-order valence-corrected chi connectivity index (χ0v) is 10.1. The van der Waals surface area contributed by atoms with E-state index in [1.54, 1.807) is 0 Å². The zero-order valence-electron chi connectivity index (χ0n) is 10.1. The minimum absolute atomic E-state index is 0.0893. The zero-order chi connectivity index (χ0) is 11.8. The molecule has 0 spiro atoms. The maximum atomic E-state index is 10.00. The normalized spacial score (nSPS) is 26.2. The van der Waals surface area contributed by atoms with Gasteiger partial charge in [-0.25, -0.2) is 0 Å². The summed E-state index contributed by atoms with van der Waals surface area (Å²) in [6.45, 7) is 3.30. The second-order valence-electron chi connectivity index (χ2n) is 4.78. The molecule has 2 atom stereocenters. The molecule has 3 rings (SSSR count). The lowest BCUT2D eigenvalue weighted by molar-refractivity contribution is -0.0350. The highest BCUT2D eigenvalue weighted by Crippen LogP contribution is 2.44. The Labute approximate surface area is 101 Å². The van der Waals surface area contributed by atoms with Crippen LogP contribution in [0.5, 0.6) is 5.75 Å². The van der Waals surface area contributed by atoms with Gasteiger partial charge < -0.3 is 14.6 Å². The van der Waals surface area contributed by atoms with Crippen molar-refractivity contribution in [1.82, 2.24) is 0 Å². The summed E-state index contributed by atoms with van der Waals surface area (Å²) in [5, 5.41) is 10.00. The summed E-state index contributed by atoms with van der Waals surface area (Å²) in [7, 11) is 0. The number of hydrogen-bond acceptors (Lipinski definition) is 3. The largest absolute Gasteiger partial charge is 0.493 e. The van der Waals surface area contributed by atoms with Gasteiger partial charge >= 0.3 is 0 Å². The quantitative estimate of drug-likeness (QED) is 0.854. The molecule has 17 heavy (non-hydrogen) atoms. The van der Waals surface area contributed by atoms with Crippen molar-refractivity contribution in [2.45, 2.75) is 38.4 Å². The van der Waals surface area contributed by atoms with E-state index in [1.807, 2.05) is 6.07 Å². The molecule has 0 amide bonds. The van der Waals surface area contributed by atoms with Crippen LogP contribution in [0.3, 0.4) is 0 Å². The van der Waals surface area contributed by atoms with E-state index in [2.05, 4.69) is 13.0 Å². The fourth-order valence-corrected chi connectivity index (χ4v) is 2.78. The van der Waals surface area contributed by atoms with Crippen LogP contribution in [-0.2, 0) is 11.2 Å². The van der Waals surface area contributed by atoms with Gasteiger partial charge in [0.2, 0.25) is 0 Å². The van der Waals surface area contributed by atoms with Crippen LogP contribution in [0, 0.1) is 0 Å². The second-order valence-corrected chi connectivity index (χ2v) is 4.78. The van der Waals surface area contributed by atoms with Crippen LogP contribution in [-0.4, -0.2) is 18.3 Å². The highest BCUT2D eigenvalue weighted by Gasteiger charge is 2.32. The van der Waals surface area contributed by atoms with Gasteiger partial charge in [-0.1, -0.05) is 25.5 Å². The van der Waals surface area contributed by atoms with Gasteiger partial charge in [0.25, 0.3) is 0 Å². The first-order valence-corrected chi connectivity index (χ1v) is 6.39. The van der Waals surface area contributed by atoms with Gasteiger partial charge in [-0.15, -0.1) is 0 Å². The molecule has 0 bridgehead atoms. The Morgan fingerprint density at radius 1 is 1.41 bits per heavy atom. The molecule has 0 radical (unpaired) electrons. The van der Waals surface area contributed by atoms with Gasteiger partial charge in [-0.05, 0) is 17.5 Å². The SMILES string of the molecule is CCC[C@H]1OC[C@@H](O)c2ccc3c(c21)OCC3. The first kappa shape index (κ1) is 11.1. The van der Waals surface area contributed by atoms with Crippen LogP contribution < -0.4 is 4.74 Å². The Balaban J connectivity index is 2.09. The average Bonchev–Trinajstić information content (AvgIpc) is 2.80. The van der Waals surface area contributed by atoms with Gasteiger partial charge in [0, 0.05) is 12.0 Å². The lowest BCUT2D eigenvalue weighted by Gasteiger charge is -2.30. The maximum absolute atomic E-state index is 10.00. The third-order valence-electron chi connectivity index (χ3n) is 3.62. The summed E-state index contributed by atoms with van der Waals surface area (Å²) in [6.07, 6.45) is 2.61. The molecule has 0 aromatic heterocycles. The molecule has 1 aromatic rings. The number of benzene rings is 1. The first-order valence-electron chi connectivity index (χ1n) is 6.39. The molecule has 0 saturated heterocycles. The third kappa shape index (κ3) is 1.74. The van der Waals surface area contributed by atoms with Crippen LogP contribution in [0.25, 0.3) is 0 Å². The molecule has 92 valence electrons. The highest BCUT2D eigenvalue weighted by atomic mass is 16.5. The van der Waals surface area contributed by atoms with Crippen LogP contribution >= 0.6 is 0 Å². The number of aliphatic hydroxyl groups is 1. The van der Waals surface area contributed by atoms with E-state index in [4.69, 9.17) is 9.47 Å². The van der Waals surface area contributed by atoms with Gasteiger partial charge in [0.05, 0.1) is 19.3 Å². The average molecular weight is 234 g/mol. The summed E-state index contributed by atoms with van der Waals surface area (Å²) in [4.78, 5) is 0. The van der Waals surface area contributed by atoms with Crippen LogP contribution in [0.2, 0.25) is 0 Å². The second kappa shape index (κ2) is 4.31. The Kier molecular flexibility index (Phi) is 2.81. The van der Waals surface area contributed by atoms with Crippen LogP contribution in [0.4, 0.5) is 0 Å². The number of aliphatic hydroxyl groups excluding tert-OH is 1. The lowest BCUT2D eigenvalue weighted by atomic mass is 9.90. The van der Waals surface area contributed by atoms with Crippen molar-refractivity contribution in [3.63, 3.8) is 0 Å². The van der Waals surface area contributed by atoms with Gasteiger partial charge in [-0.3, -0.25) is 0 Å². The highest BCUT2D eigenvalue weighted by molar-refractivity contribution is 5.51. The Morgan fingerprint density at radius 2 is 2.29 bits per heavy atom. The van der Waals surface area contributed by atoms with Gasteiger partial charge in [0.15, 0.2) is 0 Å².